The number of rotatable bonds is 4. The number of halogens is 1. The van der Waals surface area contributed by atoms with E-state index in [1.54, 1.807) is 12.1 Å². The van der Waals surface area contributed by atoms with Gasteiger partial charge in [-0.1, -0.05) is 18.2 Å². The van der Waals surface area contributed by atoms with Crippen LogP contribution in [0.25, 0.3) is 0 Å². The van der Waals surface area contributed by atoms with Gasteiger partial charge in [0.05, 0.1) is 4.90 Å². The maximum atomic E-state index is 13.4. The molecule has 6 nitrogen and oxygen atoms in total. The maximum absolute atomic E-state index is 13.4. The monoisotopic (exact) mass is 398 g/mol. The smallest absolute Gasteiger partial charge is 0.263 e. The Labute approximate surface area is 163 Å². The van der Waals surface area contributed by atoms with Gasteiger partial charge in [-0.25, -0.2) is 12.8 Å². The second-order valence-corrected chi connectivity index (χ2v) is 8.36. The van der Waals surface area contributed by atoms with Gasteiger partial charge in [0.15, 0.2) is 11.6 Å². The first-order valence-electron chi connectivity index (χ1n) is 8.92. The average Bonchev–Trinajstić information content (AvgIpc) is 2.70. The van der Waals surface area contributed by atoms with Gasteiger partial charge in [0.1, 0.15) is 5.82 Å². The third-order valence-corrected chi connectivity index (χ3v) is 6.07. The number of aryl methyl sites for hydroxylation is 2. The summed E-state index contributed by atoms with van der Waals surface area (Å²) in [4.78, 5) is 2.05. The van der Waals surface area contributed by atoms with Crippen molar-refractivity contribution in [2.45, 2.75) is 24.7 Å². The summed E-state index contributed by atoms with van der Waals surface area (Å²) in [6, 6.07) is 15.1. The number of para-hydroxylation sites is 1. The van der Waals surface area contributed by atoms with Crippen molar-refractivity contribution in [2.75, 3.05) is 16.2 Å². The maximum Gasteiger partial charge on any atom is 0.263 e. The predicted octanol–water partition coefficient (Wildman–Crippen LogP) is 3.81. The zero-order valence-corrected chi connectivity index (χ0v) is 16.1. The van der Waals surface area contributed by atoms with Gasteiger partial charge >= 0.3 is 0 Å². The molecule has 0 spiro atoms. The molecule has 8 heteroatoms. The molecule has 2 aromatic carbocycles. The molecule has 1 aliphatic rings. The lowest BCUT2D eigenvalue weighted by atomic mass is 10.0. The van der Waals surface area contributed by atoms with Crippen molar-refractivity contribution in [3.05, 3.63) is 71.5 Å². The Bertz CT molecular complexity index is 1120. The number of hydrogen-bond donors (Lipinski definition) is 1. The third-order valence-electron chi connectivity index (χ3n) is 4.72. The Hall–Kier alpha value is -3.00. The molecule has 3 aromatic rings. The molecule has 0 radical (unpaired) electrons. The summed E-state index contributed by atoms with van der Waals surface area (Å²) >= 11 is 0. The summed E-state index contributed by atoms with van der Waals surface area (Å²) in [7, 11) is -3.87. The van der Waals surface area contributed by atoms with Crippen LogP contribution < -0.4 is 9.62 Å². The minimum absolute atomic E-state index is 0.0257. The van der Waals surface area contributed by atoms with E-state index >= 15 is 0 Å². The summed E-state index contributed by atoms with van der Waals surface area (Å²) in [5.41, 5.74) is 2.61. The van der Waals surface area contributed by atoms with Crippen LogP contribution in [0.15, 0.2) is 59.5 Å². The van der Waals surface area contributed by atoms with E-state index in [9.17, 15) is 12.8 Å². The van der Waals surface area contributed by atoms with Gasteiger partial charge in [-0.15, -0.1) is 10.2 Å². The van der Waals surface area contributed by atoms with Crippen LogP contribution >= 0.6 is 0 Å². The molecule has 1 N–H and O–H groups in total. The molecule has 0 saturated heterocycles. The second-order valence-electron chi connectivity index (χ2n) is 6.68. The molecule has 0 aliphatic carbocycles. The summed E-state index contributed by atoms with van der Waals surface area (Å²) in [6.45, 7) is 2.34. The molecular weight excluding hydrogens is 379 g/mol. The molecule has 0 bridgehead atoms. The van der Waals surface area contributed by atoms with Gasteiger partial charge in [0.2, 0.25) is 0 Å². The highest BCUT2D eigenvalue weighted by Gasteiger charge is 2.20. The number of anilines is 3. The zero-order chi connectivity index (χ0) is 19.7. The molecule has 0 fully saturated rings. The lowest BCUT2D eigenvalue weighted by Crippen LogP contribution is -2.25. The quantitative estimate of drug-likeness (QED) is 0.723. The van der Waals surface area contributed by atoms with Crippen molar-refractivity contribution in [2.24, 2.45) is 0 Å². The Morgan fingerprint density at radius 3 is 2.64 bits per heavy atom. The lowest BCUT2D eigenvalue weighted by molar-refractivity contribution is 0.598. The van der Waals surface area contributed by atoms with Gasteiger partial charge in [-0.2, -0.15) is 0 Å². The summed E-state index contributed by atoms with van der Waals surface area (Å²) in [6.07, 6.45) is 2.03. The Morgan fingerprint density at radius 2 is 1.89 bits per heavy atom. The number of nitrogens with zero attached hydrogens (tertiary/aromatic N) is 3. The second kappa shape index (κ2) is 7.20. The topological polar surface area (TPSA) is 75.2 Å². The highest BCUT2D eigenvalue weighted by atomic mass is 32.2. The van der Waals surface area contributed by atoms with E-state index in [4.69, 9.17) is 0 Å². The molecular formula is C20H19FN4O2S. The zero-order valence-electron chi connectivity index (χ0n) is 15.3. The fourth-order valence-electron chi connectivity index (χ4n) is 3.28. The van der Waals surface area contributed by atoms with Crippen LogP contribution in [0.4, 0.5) is 21.7 Å². The summed E-state index contributed by atoms with van der Waals surface area (Å²) in [5.74, 6) is 0.314. The van der Waals surface area contributed by atoms with Crippen LogP contribution in [0.3, 0.4) is 0 Å². The largest absolute Gasteiger partial charge is 0.325 e. The highest BCUT2D eigenvalue weighted by molar-refractivity contribution is 7.92. The molecule has 28 heavy (non-hydrogen) atoms. The number of benzene rings is 2. The molecule has 4 rings (SSSR count). The average molecular weight is 398 g/mol. The Morgan fingerprint density at radius 1 is 1.07 bits per heavy atom. The fraction of sp³-hybridized carbons (Fsp3) is 0.200. The van der Waals surface area contributed by atoms with Gasteiger partial charge in [-0.05, 0) is 67.3 Å². The van der Waals surface area contributed by atoms with Gasteiger partial charge in [0, 0.05) is 12.2 Å². The molecule has 1 aromatic heterocycles. The number of aromatic nitrogens is 2. The van der Waals surface area contributed by atoms with Gasteiger partial charge < -0.3 is 4.90 Å². The SMILES string of the molecule is Cc1cc(S(=O)(=O)Nc2ccc(N3CCCc4ccccc43)nn2)ccc1F. The number of nitrogens with one attached hydrogen (secondary N) is 1. The van der Waals surface area contributed by atoms with E-state index < -0.39 is 15.8 Å². The molecule has 0 atom stereocenters. The number of sulfonamides is 1. The van der Waals surface area contributed by atoms with E-state index in [1.165, 1.54) is 24.6 Å². The van der Waals surface area contributed by atoms with Crippen LogP contribution in [0.2, 0.25) is 0 Å². The molecule has 0 unspecified atom stereocenters. The summed E-state index contributed by atoms with van der Waals surface area (Å²) < 4.78 is 40.8. The standard InChI is InChI=1S/C20H19FN4O2S/c1-14-13-16(8-9-17(14)21)28(26,27)24-19-10-11-20(23-22-19)25-12-4-6-15-5-2-3-7-18(15)25/h2-3,5,7-11,13H,4,6,12H2,1H3,(H,22,24). The Balaban J connectivity index is 1.56. The van der Waals surface area contributed by atoms with Crippen molar-refractivity contribution < 1.29 is 12.8 Å². The fourth-order valence-corrected chi connectivity index (χ4v) is 4.36. The normalized spacial score (nSPS) is 13.9. The van der Waals surface area contributed by atoms with Crippen LogP contribution in [-0.4, -0.2) is 25.2 Å². The van der Waals surface area contributed by atoms with Crippen molar-refractivity contribution in [1.29, 1.82) is 0 Å². The highest BCUT2D eigenvalue weighted by Crippen LogP contribution is 2.32. The molecule has 2 heterocycles. The van der Waals surface area contributed by atoms with E-state index in [1.807, 2.05) is 18.2 Å². The van der Waals surface area contributed by atoms with Gasteiger partial charge in [-0.3, -0.25) is 4.72 Å². The molecule has 0 amide bonds. The first-order valence-corrected chi connectivity index (χ1v) is 10.4. The van der Waals surface area contributed by atoms with E-state index in [0.29, 0.717) is 5.82 Å². The van der Waals surface area contributed by atoms with Crippen LogP contribution in [-0.2, 0) is 16.4 Å². The number of fused-ring (bicyclic) bond motifs is 1. The minimum atomic E-state index is -3.87. The first kappa shape index (κ1) is 18.4. The molecule has 0 saturated carbocycles. The van der Waals surface area contributed by atoms with Crippen LogP contribution in [0, 0.1) is 12.7 Å². The van der Waals surface area contributed by atoms with Gasteiger partial charge in [0.25, 0.3) is 10.0 Å². The van der Waals surface area contributed by atoms with Crippen molar-refractivity contribution in [3.63, 3.8) is 0 Å². The lowest BCUT2D eigenvalue weighted by Gasteiger charge is -2.29. The van der Waals surface area contributed by atoms with E-state index in [0.717, 1.165) is 31.1 Å². The predicted molar refractivity (Wildman–Crippen MR) is 106 cm³/mol. The van der Waals surface area contributed by atoms with E-state index in [-0.39, 0.29) is 16.3 Å². The van der Waals surface area contributed by atoms with Crippen LogP contribution in [0.5, 0.6) is 0 Å². The molecule has 144 valence electrons. The number of hydrogen-bond acceptors (Lipinski definition) is 5. The van der Waals surface area contributed by atoms with Crippen molar-refractivity contribution in [3.8, 4) is 0 Å². The van der Waals surface area contributed by atoms with Crippen molar-refractivity contribution >= 4 is 27.3 Å². The first-order chi connectivity index (χ1) is 13.4. The summed E-state index contributed by atoms with van der Waals surface area (Å²) in [5, 5.41) is 8.22. The van der Waals surface area contributed by atoms with Crippen molar-refractivity contribution in [1.82, 2.24) is 10.2 Å². The van der Waals surface area contributed by atoms with E-state index in [2.05, 4.69) is 25.9 Å². The Kier molecular flexibility index (Phi) is 4.72. The minimum Gasteiger partial charge on any atom is -0.325 e. The molecule has 1 aliphatic heterocycles. The van der Waals surface area contributed by atoms with Crippen LogP contribution in [0.1, 0.15) is 17.5 Å². The third kappa shape index (κ3) is 3.55.